The Hall–Kier alpha value is -2.68. The van der Waals surface area contributed by atoms with E-state index in [1.54, 1.807) is 6.07 Å². The molecule has 2 aromatic carbocycles. The molecular formula is C18H15NO2. The molecule has 0 unspecified atom stereocenters. The van der Waals surface area contributed by atoms with Gasteiger partial charge in [0.25, 0.3) is 5.91 Å². The molecule has 0 spiro atoms. The van der Waals surface area contributed by atoms with E-state index < -0.39 is 0 Å². The molecule has 3 heteroatoms. The van der Waals surface area contributed by atoms with E-state index >= 15 is 0 Å². The van der Waals surface area contributed by atoms with Gasteiger partial charge in [0.15, 0.2) is 0 Å². The predicted octanol–water partition coefficient (Wildman–Crippen LogP) is 2.92. The minimum Gasteiger partial charge on any atom is -0.274 e. The Morgan fingerprint density at radius 3 is 2.48 bits per heavy atom. The van der Waals surface area contributed by atoms with Gasteiger partial charge in [-0.1, -0.05) is 60.7 Å². The molecule has 0 aliphatic carbocycles. The minimum absolute atomic E-state index is 0.142. The van der Waals surface area contributed by atoms with Gasteiger partial charge in [-0.15, -0.1) is 0 Å². The smallest absolute Gasteiger partial charge is 0.261 e. The fraction of sp³-hybridized carbons (Fsp3) is 0.111. The normalized spacial score (nSPS) is 14.6. The highest BCUT2D eigenvalue weighted by molar-refractivity contribution is 6.09. The molecular weight excluding hydrogens is 262 g/mol. The van der Waals surface area contributed by atoms with Gasteiger partial charge in [-0.05, 0) is 17.2 Å². The van der Waals surface area contributed by atoms with Gasteiger partial charge in [-0.2, -0.15) is 0 Å². The maximum atomic E-state index is 12.3. The molecule has 1 aliphatic heterocycles. The van der Waals surface area contributed by atoms with Crippen molar-refractivity contribution in [2.75, 3.05) is 6.54 Å². The van der Waals surface area contributed by atoms with Crippen molar-refractivity contribution in [1.82, 2.24) is 4.90 Å². The third kappa shape index (κ3) is 2.77. The maximum absolute atomic E-state index is 12.3. The van der Waals surface area contributed by atoms with E-state index in [1.165, 1.54) is 4.90 Å². The number of fused-ring (bicyclic) bond motifs is 1. The number of carbonyl (C=O) groups excluding carboxylic acids is 2. The zero-order valence-corrected chi connectivity index (χ0v) is 11.5. The Balaban J connectivity index is 1.76. The number of hydrogen-bond acceptors (Lipinski definition) is 2. The lowest BCUT2D eigenvalue weighted by molar-refractivity contribution is -0.127. The molecule has 21 heavy (non-hydrogen) atoms. The molecule has 104 valence electrons. The van der Waals surface area contributed by atoms with Gasteiger partial charge in [0, 0.05) is 12.1 Å². The molecule has 0 atom stereocenters. The monoisotopic (exact) mass is 277 g/mol. The zero-order valence-electron chi connectivity index (χ0n) is 11.5. The van der Waals surface area contributed by atoms with Crippen molar-refractivity contribution in [2.24, 2.45) is 0 Å². The molecule has 0 saturated carbocycles. The molecule has 0 fully saturated rings. The first kappa shape index (κ1) is 13.3. The molecule has 1 heterocycles. The summed E-state index contributed by atoms with van der Waals surface area (Å²) in [6, 6.07) is 17.1. The first-order valence-electron chi connectivity index (χ1n) is 6.90. The fourth-order valence-electron chi connectivity index (χ4n) is 2.44. The first-order valence-corrected chi connectivity index (χ1v) is 6.90. The fourth-order valence-corrected chi connectivity index (χ4v) is 2.44. The number of nitrogens with zero attached hydrogens (tertiary/aromatic N) is 1. The van der Waals surface area contributed by atoms with E-state index in [-0.39, 0.29) is 11.8 Å². The second-order valence-electron chi connectivity index (χ2n) is 4.96. The Kier molecular flexibility index (Phi) is 3.65. The summed E-state index contributed by atoms with van der Waals surface area (Å²) in [6.07, 6.45) is 4.06. The second-order valence-corrected chi connectivity index (χ2v) is 4.96. The quantitative estimate of drug-likeness (QED) is 0.809. The lowest BCUT2D eigenvalue weighted by Gasteiger charge is -2.25. The lowest BCUT2D eigenvalue weighted by atomic mass is 9.98. The van der Waals surface area contributed by atoms with E-state index in [0.717, 1.165) is 11.1 Å². The third-order valence-electron chi connectivity index (χ3n) is 3.53. The van der Waals surface area contributed by atoms with Crippen molar-refractivity contribution in [3.63, 3.8) is 0 Å². The van der Waals surface area contributed by atoms with Crippen LogP contribution in [-0.4, -0.2) is 23.3 Å². The number of carbonyl (C=O) groups is 2. The molecule has 0 bridgehead atoms. The number of hydrogen-bond donors (Lipinski definition) is 0. The molecule has 1 aliphatic rings. The van der Waals surface area contributed by atoms with Gasteiger partial charge in [0.05, 0.1) is 6.42 Å². The summed E-state index contributed by atoms with van der Waals surface area (Å²) >= 11 is 0. The Bertz CT molecular complexity index is 704. The van der Waals surface area contributed by atoms with Gasteiger partial charge in [0.2, 0.25) is 5.91 Å². The highest BCUT2D eigenvalue weighted by Gasteiger charge is 2.29. The number of rotatable bonds is 3. The lowest BCUT2D eigenvalue weighted by Crippen LogP contribution is -2.42. The van der Waals surface area contributed by atoms with E-state index in [4.69, 9.17) is 0 Å². The van der Waals surface area contributed by atoms with Gasteiger partial charge in [0.1, 0.15) is 0 Å². The average Bonchev–Trinajstić information content (AvgIpc) is 2.51. The van der Waals surface area contributed by atoms with E-state index in [2.05, 4.69) is 0 Å². The Morgan fingerprint density at radius 2 is 1.67 bits per heavy atom. The minimum atomic E-state index is -0.209. The topological polar surface area (TPSA) is 37.4 Å². The summed E-state index contributed by atoms with van der Waals surface area (Å²) in [5.41, 5.74) is 2.50. The van der Waals surface area contributed by atoms with Crippen LogP contribution in [0.15, 0.2) is 60.7 Å². The van der Waals surface area contributed by atoms with Crippen LogP contribution in [0.25, 0.3) is 6.08 Å². The van der Waals surface area contributed by atoms with Crippen molar-refractivity contribution < 1.29 is 9.59 Å². The zero-order chi connectivity index (χ0) is 14.7. The molecule has 0 aromatic heterocycles. The van der Waals surface area contributed by atoms with Crippen LogP contribution < -0.4 is 0 Å². The second kappa shape index (κ2) is 5.75. The predicted molar refractivity (Wildman–Crippen MR) is 81.7 cm³/mol. The van der Waals surface area contributed by atoms with Crippen LogP contribution in [-0.2, 0) is 11.2 Å². The Labute approximate surface area is 123 Å². The highest BCUT2D eigenvalue weighted by Crippen LogP contribution is 2.19. The summed E-state index contributed by atoms with van der Waals surface area (Å²) in [4.78, 5) is 25.7. The van der Waals surface area contributed by atoms with Crippen LogP contribution in [0.2, 0.25) is 0 Å². The van der Waals surface area contributed by atoms with Crippen LogP contribution in [0, 0.1) is 0 Å². The van der Waals surface area contributed by atoms with Crippen molar-refractivity contribution in [3.8, 4) is 0 Å². The summed E-state index contributed by atoms with van der Waals surface area (Å²) in [5.74, 6) is -0.351. The highest BCUT2D eigenvalue weighted by atomic mass is 16.2. The first-order chi connectivity index (χ1) is 10.3. The van der Waals surface area contributed by atoms with Crippen molar-refractivity contribution in [2.45, 2.75) is 6.42 Å². The maximum Gasteiger partial charge on any atom is 0.261 e. The summed E-state index contributed by atoms with van der Waals surface area (Å²) in [5, 5.41) is 0. The largest absolute Gasteiger partial charge is 0.274 e. The number of amides is 2. The van der Waals surface area contributed by atoms with E-state index in [0.29, 0.717) is 18.5 Å². The molecule has 2 aromatic rings. The van der Waals surface area contributed by atoms with E-state index in [1.807, 2.05) is 60.7 Å². The molecule has 0 N–H and O–H groups in total. The van der Waals surface area contributed by atoms with Crippen LogP contribution in [0.1, 0.15) is 21.5 Å². The standard InChI is InChI=1S/C18H15NO2/c20-17-13-15-10-4-5-11-16(15)18(21)19(17)12-6-9-14-7-2-1-3-8-14/h1-11H,12-13H2/b9-6+. The van der Waals surface area contributed by atoms with Gasteiger partial charge in [-0.25, -0.2) is 0 Å². The van der Waals surface area contributed by atoms with Gasteiger partial charge < -0.3 is 0 Å². The van der Waals surface area contributed by atoms with Crippen LogP contribution in [0.4, 0.5) is 0 Å². The average molecular weight is 277 g/mol. The number of imide groups is 1. The van der Waals surface area contributed by atoms with Crippen molar-refractivity contribution in [1.29, 1.82) is 0 Å². The SMILES string of the molecule is O=C1Cc2ccccc2C(=O)N1C/C=C/c1ccccc1. The molecule has 0 saturated heterocycles. The van der Waals surface area contributed by atoms with Crippen molar-refractivity contribution in [3.05, 3.63) is 77.4 Å². The Morgan fingerprint density at radius 1 is 0.952 bits per heavy atom. The molecule has 2 amide bonds. The summed E-state index contributed by atoms with van der Waals surface area (Å²) in [6.45, 7) is 0.306. The molecule has 3 rings (SSSR count). The van der Waals surface area contributed by atoms with Gasteiger partial charge in [-0.3, -0.25) is 14.5 Å². The van der Waals surface area contributed by atoms with Crippen molar-refractivity contribution >= 4 is 17.9 Å². The van der Waals surface area contributed by atoms with Crippen LogP contribution in [0.3, 0.4) is 0 Å². The molecule has 3 nitrogen and oxygen atoms in total. The summed E-state index contributed by atoms with van der Waals surface area (Å²) < 4.78 is 0. The van der Waals surface area contributed by atoms with Crippen LogP contribution in [0.5, 0.6) is 0 Å². The third-order valence-corrected chi connectivity index (χ3v) is 3.53. The van der Waals surface area contributed by atoms with E-state index in [9.17, 15) is 9.59 Å². The summed E-state index contributed by atoms with van der Waals surface area (Å²) in [7, 11) is 0. The van der Waals surface area contributed by atoms with Crippen LogP contribution >= 0.6 is 0 Å². The molecule has 0 radical (unpaired) electrons. The number of benzene rings is 2. The van der Waals surface area contributed by atoms with Gasteiger partial charge >= 0.3 is 0 Å².